The van der Waals surface area contributed by atoms with Gasteiger partial charge in [0, 0.05) is 11.8 Å². The second kappa shape index (κ2) is 6.18. The molecule has 0 aromatic heterocycles. The number of carbonyl (C=O) groups is 1. The normalized spacial score (nSPS) is 24.1. The van der Waals surface area contributed by atoms with E-state index < -0.39 is 0 Å². The van der Waals surface area contributed by atoms with E-state index in [4.69, 9.17) is 0 Å². The molecule has 1 N–H and O–H groups in total. The molecule has 1 aliphatic carbocycles. The van der Waals surface area contributed by atoms with Crippen LogP contribution in [0.5, 0.6) is 5.75 Å². The largest absolute Gasteiger partial charge is 0.507 e. The van der Waals surface area contributed by atoms with Crippen LogP contribution in [0.4, 0.5) is 0 Å². The molecular weight excluding hydrogens is 272 g/mol. The standard InChI is InChI=1S/C20H20O2/c1-2-8-15-13-17(19(15)14-9-4-3-5-10-14)20(22)16-11-6-7-12-18(16)21/h2-12,15,17,19,21H,13H2,1H3/b8-2+/t15-,17+,19+/m0/s1. The highest BCUT2D eigenvalue weighted by Crippen LogP contribution is 2.50. The number of benzene rings is 2. The molecule has 0 unspecified atom stereocenters. The Labute approximate surface area is 131 Å². The predicted octanol–water partition coefficient (Wildman–Crippen LogP) is 4.57. The number of rotatable bonds is 4. The summed E-state index contributed by atoms with van der Waals surface area (Å²) in [5, 5.41) is 9.94. The zero-order valence-electron chi connectivity index (χ0n) is 12.6. The first kappa shape index (κ1) is 14.6. The van der Waals surface area contributed by atoms with E-state index in [0.717, 1.165) is 6.42 Å². The first-order valence-electron chi connectivity index (χ1n) is 7.72. The smallest absolute Gasteiger partial charge is 0.170 e. The highest BCUT2D eigenvalue weighted by Gasteiger charge is 2.44. The lowest BCUT2D eigenvalue weighted by atomic mass is 9.59. The monoisotopic (exact) mass is 292 g/mol. The summed E-state index contributed by atoms with van der Waals surface area (Å²) in [6.45, 7) is 2.01. The number of hydrogen-bond acceptors (Lipinski definition) is 2. The summed E-state index contributed by atoms with van der Waals surface area (Å²) in [7, 11) is 0. The third-order valence-electron chi connectivity index (χ3n) is 4.55. The molecule has 2 heteroatoms. The Morgan fingerprint density at radius 2 is 1.77 bits per heavy atom. The minimum atomic E-state index is -0.0584. The second-order valence-electron chi connectivity index (χ2n) is 5.85. The highest BCUT2D eigenvalue weighted by atomic mass is 16.3. The van der Waals surface area contributed by atoms with Gasteiger partial charge >= 0.3 is 0 Å². The molecule has 0 saturated heterocycles. The quantitative estimate of drug-likeness (QED) is 0.662. The van der Waals surface area contributed by atoms with Crippen LogP contribution in [0.2, 0.25) is 0 Å². The first-order chi connectivity index (χ1) is 10.7. The van der Waals surface area contributed by atoms with Crippen molar-refractivity contribution in [3.8, 4) is 5.75 Å². The van der Waals surface area contributed by atoms with Crippen LogP contribution in [0.25, 0.3) is 0 Å². The number of phenolic OH excluding ortho intramolecular Hbond substituents is 1. The molecule has 0 radical (unpaired) electrons. The van der Waals surface area contributed by atoms with Crippen molar-refractivity contribution in [3.05, 3.63) is 77.9 Å². The molecule has 2 aromatic rings. The van der Waals surface area contributed by atoms with Crippen molar-refractivity contribution in [1.29, 1.82) is 0 Å². The molecule has 1 fully saturated rings. The molecule has 0 amide bonds. The summed E-state index contributed by atoms with van der Waals surface area (Å²) in [5.74, 6) is 0.662. The second-order valence-corrected chi connectivity index (χ2v) is 5.85. The van der Waals surface area contributed by atoms with Crippen molar-refractivity contribution in [2.45, 2.75) is 19.3 Å². The van der Waals surface area contributed by atoms with Crippen molar-refractivity contribution in [3.63, 3.8) is 0 Å². The average Bonchev–Trinajstić information content (AvgIpc) is 2.52. The molecule has 0 bridgehead atoms. The Hall–Kier alpha value is -2.35. The molecule has 0 spiro atoms. The van der Waals surface area contributed by atoms with Crippen LogP contribution in [0, 0.1) is 11.8 Å². The van der Waals surface area contributed by atoms with E-state index in [-0.39, 0.29) is 23.4 Å². The number of aromatic hydroxyl groups is 1. The lowest BCUT2D eigenvalue weighted by Gasteiger charge is -2.43. The number of carbonyl (C=O) groups excluding carboxylic acids is 1. The highest BCUT2D eigenvalue weighted by molar-refractivity contribution is 6.01. The lowest BCUT2D eigenvalue weighted by Crippen LogP contribution is -2.39. The van der Waals surface area contributed by atoms with E-state index >= 15 is 0 Å². The number of hydrogen-bond donors (Lipinski definition) is 1. The van der Waals surface area contributed by atoms with Gasteiger partial charge in [0.2, 0.25) is 0 Å². The molecule has 3 rings (SSSR count). The number of Topliss-reactive ketones (excluding diaryl/α,β-unsaturated/α-hetero) is 1. The van der Waals surface area contributed by atoms with Gasteiger partial charge in [-0.05, 0) is 37.0 Å². The van der Waals surface area contributed by atoms with Crippen LogP contribution >= 0.6 is 0 Å². The molecule has 2 aromatic carbocycles. The zero-order chi connectivity index (χ0) is 15.5. The van der Waals surface area contributed by atoms with E-state index in [1.807, 2.05) is 25.1 Å². The van der Waals surface area contributed by atoms with Gasteiger partial charge in [0.15, 0.2) is 5.78 Å². The van der Waals surface area contributed by atoms with Crippen molar-refractivity contribution >= 4 is 5.78 Å². The van der Waals surface area contributed by atoms with Gasteiger partial charge in [-0.3, -0.25) is 4.79 Å². The third-order valence-corrected chi connectivity index (χ3v) is 4.55. The number of allylic oxidation sites excluding steroid dienone is 2. The van der Waals surface area contributed by atoms with Crippen molar-refractivity contribution in [2.24, 2.45) is 11.8 Å². The van der Waals surface area contributed by atoms with Crippen molar-refractivity contribution < 1.29 is 9.90 Å². The molecule has 2 nitrogen and oxygen atoms in total. The maximum atomic E-state index is 12.8. The van der Waals surface area contributed by atoms with E-state index in [9.17, 15) is 9.90 Å². The topological polar surface area (TPSA) is 37.3 Å². The fourth-order valence-electron chi connectivity index (χ4n) is 3.44. The van der Waals surface area contributed by atoms with E-state index in [0.29, 0.717) is 11.5 Å². The SMILES string of the molecule is C/C=C/[C@H]1C[C@@H](C(=O)c2ccccc2O)[C@@H]1c1ccccc1. The van der Waals surface area contributed by atoms with E-state index in [1.54, 1.807) is 24.3 Å². The fourth-order valence-corrected chi connectivity index (χ4v) is 3.44. The van der Waals surface area contributed by atoms with Crippen molar-refractivity contribution in [1.82, 2.24) is 0 Å². The number of phenols is 1. The van der Waals surface area contributed by atoms with Gasteiger partial charge in [0.1, 0.15) is 5.75 Å². The summed E-state index contributed by atoms with van der Waals surface area (Å²) >= 11 is 0. The Kier molecular flexibility index (Phi) is 4.10. The number of para-hydroxylation sites is 1. The van der Waals surface area contributed by atoms with Crippen LogP contribution in [0.1, 0.15) is 35.2 Å². The molecule has 1 saturated carbocycles. The van der Waals surface area contributed by atoms with Crippen LogP contribution in [0.15, 0.2) is 66.7 Å². The maximum absolute atomic E-state index is 12.8. The lowest BCUT2D eigenvalue weighted by molar-refractivity contribution is 0.0750. The van der Waals surface area contributed by atoms with Crippen LogP contribution < -0.4 is 0 Å². The summed E-state index contributed by atoms with van der Waals surface area (Å²) < 4.78 is 0. The summed E-state index contributed by atoms with van der Waals surface area (Å²) in [5.41, 5.74) is 1.64. The number of ketones is 1. The molecule has 0 aliphatic heterocycles. The van der Waals surface area contributed by atoms with Crippen LogP contribution in [0.3, 0.4) is 0 Å². The van der Waals surface area contributed by atoms with Gasteiger partial charge in [0.05, 0.1) is 5.56 Å². The van der Waals surface area contributed by atoms with Gasteiger partial charge in [-0.15, -0.1) is 0 Å². The zero-order valence-corrected chi connectivity index (χ0v) is 12.6. The molecule has 0 heterocycles. The summed E-state index contributed by atoms with van der Waals surface area (Å²) in [4.78, 5) is 12.8. The first-order valence-corrected chi connectivity index (χ1v) is 7.72. The van der Waals surface area contributed by atoms with Gasteiger partial charge in [-0.1, -0.05) is 54.6 Å². The minimum Gasteiger partial charge on any atom is -0.507 e. The summed E-state index contributed by atoms with van der Waals surface area (Å²) in [6.07, 6.45) is 5.09. The average molecular weight is 292 g/mol. The van der Waals surface area contributed by atoms with Crippen LogP contribution in [-0.4, -0.2) is 10.9 Å². The summed E-state index contributed by atoms with van der Waals surface area (Å²) in [6, 6.07) is 17.0. The van der Waals surface area contributed by atoms with Crippen LogP contribution in [-0.2, 0) is 0 Å². The molecule has 1 aliphatic rings. The maximum Gasteiger partial charge on any atom is 0.170 e. The van der Waals surface area contributed by atoms with E-state index in [1.165, 1.54) is 5.56 Å². The Balaban J connectivity index is 1.91. The Bertz CT molecular complexity index is 688. The van der Waals surface area contributed by atoms with Gasteiger partial charge < -0.3 is 5.11 Å². The van der Waals surface area contributed by atoms with E-state index in [2.05, 4.69) is 24.3 Å². The Morgan fingerprint density at radius 3 is 2.45 bits per heavy atom. The molecule has 22 heavy (non-hydrogen) atoms. The van der Waals surface area contributed by atoms with Crippen molar-refractivity contribution in [2.75, 3.05) is 0 Å². The minimum absolute atomic E-state index is 0.0488. The van der Waals surface area contributed by atoms with Gasteiger partial charge in [-0.25, -0.2) is 0 Å². The molecule has 112 valence electrons. The fraction of sp³-hybridized carbons (Fsp3) is 0.250. The molecule has 3 atom stereocenters. The van der Waals surface area contributed by atoms with Gasteiger partial charge in [0.25, 0.3) is 0 Å². The Morgan fingerprint density at radius 1 is 1.09 bits per heavy atom. The molecular formula is C20H20O2. The predicted molar refractivity (Wildman–Crippen MR) is 88.0 cm³/mol. The van der Waals surface area contributed by atoms with Gasteiger partial charge in [-0.2, -0.15) is 0 Å². The third kappa shape index (κ3) is 2.57.